The number of ether oxygens (including phenoxy) is 2. The fourth-order valence-electron chi connectivity index (χ4n) is 3.81. The molecule has 2 heterocycles. The Balaban J connectivity index is 1.62. The van der Waals surface area contributed by atoms with Gasteiger partial charge in [0.05, 0.1) is 30.2 Å². The number of nitrogens with one attached hydrogen (secondary N) is 2. The van der Waals surface area contributed by atoms with Crippen LogP contribution in [0, 0.1) is 11.6 Å². The second-order valence-corrected chi connectivity index (χ2v) is 10.3. The number of halogens is 6. The summed E-state index contributed by atoms with van der Waals surface area (Å²) in [4.78, 5) is 0. The van der Waals surface area contributed by atoms with Gasteiger partial charge >= 0.3 is 16.4 Å². The van der Waals surface area contributed by atoms with Crippen molar-refractivity contribution in [1.29, 1.82) is 0 Å². The van der Waals surface area contributed by atoms with Gasteiger partial charge in [-0.1, -0.05) is 15.9 Å². The number of hydrogen-bond acceptors (Lipinski definition) is 5. The van der Waals surface area contributed by atoms with Gasteiger partial charge in [0.1, 0.15) is 5.69 Å². The summed E-state index contributed by atoms with van der Waals surface area (Å²) in [6.45, 7) is 0.884. The summed E-state index contributed by atoms with van der Waals surface area (Å²) < 4.78 is 109. The summed E-state index contributed by atoms with van der Waals surface area (Å²) in [6.07, 6.45) is -4.28. The van der Waals surface area contributed by atoms with E-state index in [1.165, 1.54) is 6.07 Å². The molecular formula is C20H19BrF5N3O4S. The lowest BCUT2D eigenvalue weighted by Crippen LogP contribution is -2.48. The van der Waals surface area contributed by atoms with E-state index in [1.807, 2.05) is 0 Å². The van der Waals surface area contributed by atoms with Crippen molar-refractivity contribution in [2.45, 2.75) is 24.8 Å². The van der Waals surface area contributed by atoms with Gasteiger partial charge in [-0.2, -0.15) is 25.9 Å². The maximum atomic E-state index is 14.7. The molecule has 1 spiro atoms. The molecule has 0 saturated carbocycles. The van der Waals surface area contributed by atoms with E-state index in [4.69, 9.17) is 9.47 Å². The second-order valence-electron chi connectivity index (χ2n) is 7.71. The number of nitrogens with zero attached hydrogens (tertiary/aromatic N) is 1. The molecule has 186 valence electrons. The fourth-order valence-corrected chi connectivity index (χ4v) is 5.41. The van der Waals surface area contributed by atoms with Gasteiger partial charge in [0.15, 0.2) is 17.4 Å². The predicted molar refractivity (Wildman–Crippen MR) is 117 cm³/mol. The van der Waals surface area contributed by atoms with Gasteiger partial charge in [-0.3, -0.25) is 4.72 Å². The van der Waals surface area contributed by atoms with Gasteiger partial charge in [0.25, 0.3) is 0 Å². The Hall–Kier alpha value is -2.00. The molecule has 2 N–H and O–H groups in total. The predicted octanol–water partition coefficient (Wildman–Crippen LogP) is 4.99. The molecule has 4 rings (SSSR count). The number of benzene rings is 2. The first-order valence-corrected chi connectivity index (χ1v) is 12.3. The van der Waals surface area contributed by atoms with Crippen LogP contribution in [0.1, 0.15) is 18.4 Å². The molecule has 2 saturated heterocycles. The summed E-state index contributed by atoms with van der Waals surface area (Å²) >= 11 is 2.94. The first-order chi connectivity index (χ1) is 15.9. The Bertz CT molecular complexity index is 1180. The summed E-state index contributed by atoms with van der Waals surface area (Å²) in [5, 5.41) is 2.21. The molecule has 2 fully saturated rings. The van der Waals surface area contributed by atoms with Crippen LogP contribution in [0.4, 0.5) is 39.0 Å². The Morgan fingerprint density at radius 3 is 2.24 bits per heavy atom. The van der Waals surface area contributed by atoms with Crippen LogP contribution in [0.3, 0.4) is 0 Å². The van der Waals surface area contributed by atoms with Crippen LogP contribution < -0.4 is 10.0 Å². The van der Waals surface area contributed by atoms with Crippen molar-refractivity contribution >= 4 is 43.2 Å². The van der Waals surface area contributed by atoms with Crippen LogP contribution in [-0.4, -0.2) is 44.8 Å². The smallest absolute Gasteiger partial charge is 0.351 e. The SMILES string of the molecule is O=S(=O)(Nc1ccc(F)c(F)c1Nc1ccc(Br)cc1C(F)(F)F)N1CCC2(CC1)OCCO2. The van der Waals surface area contributed by atoms with E-state index in [1.54, 1.807) is 0 Å². The lowest BCUT2D eigenvalue weighted by atomic mass is 10.1. The van der Waals surface area contributed by atoms with Gasteiger partial charge in [-0.15, -0.1) is 0 Å². The lowest BCUT2D eigenvalue weighted by molar-refractivity contribution is -0.179. The van der Waals surface area contributed by atoms with Crippen molar-refractivity contribution in [3.8, 4) is 0 Å². The zero-order valence-electron chi connectivity index (χ0n) is 17.4. The molecule has 0 atom stereocenters. The fraction of sp³-hybridized carbons (Fsp3) is 0.400. The first-order valence-electron chi connectivity index (χ1n) is 10.1. The van der Waals surface area contributed by atoms with Crippen LogP contribution in [-0.2, 0) is 25.9 Å². The Labute approximate surface area is 200 Å². The van der Waals surface area contributed by atoms with Gasteiger partial charge < -0.3 is 14.8 Å². The number of hydrogen-bond donors (Lipinski definition) is 2. The van der Waals surface area contributed by atoms with E-state index >= 15 is 0 Å². The van der Waals surface area contributed by atoms with Crippen LogP contribution in [0.25, 0.3) is 0 Å². The third-order valence-electron chi connectivity index (χ3n) is 5.52. The van der Waals surface area contributed by atoms with Crippen molar-refractivity contribution in [2.24, 2.45) is 0 Å². The molecular weight excluding hydrogens is 553 g/mol. The van der Waals surface area contributed by atoms with Gasteiger partial charge in [-0.25, -0.2) is 8.78 Å². The average molecular weight is 572 g/mol. The van der Waals surface area contributed by atoms with E-state index in [2.05, 4.69) is 26.0 Å². The van der Waals surface area contributed by atoms with E-state index in [0.717, 1.165) is 22.5 Å². The molecule has 0 aliphatic carbocycles. The molecule has 7 nitrogen and oxygen atoms in total. The van der Waals surface area contributed by atoms with Crippen molar-refractivity contribution in [1.82, 2.24) is 4.31 Å². The minimum Gasteiger partial charge on any atom is -0.351 e. The first kappa shape index (κ1) is 25.1. The maximum Gasteiger partial charge on any atom is 0.418 e. The molecule has 2 aliphatic heterocycles. The minimum atomic E-state index is -4.82. The van der Waals surface area contributed by atoms with Crippen molar-refractivity contribution in [3.63, 3.8) is 0 Å². The van der Waals surface area contributed by atoms with Crippen molar-refractivity contribution in [3.05, 3.63) is 52.0 Å². The van der Waals surface area contributed by atoms with Crippen LogP contribution in [0.5, 0.6) is 0 Å². The molecule has 2 aliphatic rings. The summed E-state index contributed by atoms with van der Waals surface area (Å²) in [6, 6.07) is 4.66. The summed E-state index contributed by atoms with van der Waals surface area (Å²) in [5.41, 5.74) is -2.98. The molecule has 14 heteroatoms. The van der Waals surface area contributed by atoms with E-state index < -0.39 is 56.4 Å². The summed E-state index contributed by atoms with van der Waals surface area (Å²) in [5.74, 6) is -3.75. The molecule has 34 heavy (non-hydrogen) atoms. The normalized spacial score (nSPS) is 18.9. The Kier molecular flexibility index (Phi) is 6.81. The van der Waals surface area contributed by atoms with E-state index in [0.29, 0.717) is 19.3 Å². The van der Waals surface area contributed by atoms with Gasteiger partial charge in [0.2, 0.25) is 0 Å². The van der Waals surface area contributed by atoms with Crippen molar-refractivity contribution < 1.29 is 39.8 Å². The molecule has 0 amide bonds. The molecule has 0 radical (unpaired) electrons. The lowest BCUT2D eigenvalue weighted by Gasteiger charge is -2.36. The monoisotopic (exact) mass is 571 g/mol. The van der Waals surface area contributed by atoms with Crippen LogP contribution in [0.2, 0.25) is 0 Å². The number of piperidine rings is 1. The average Bonchev–Trinajstić information content (AvgIpc) is 3.21. The quantitative estimate of drug-likeness (QED) is 0.494. The highest BCUT2D eigenvalue weighted by Gasteiger charge is 2.42. The standard InChI is InChI=1S/C20H19BrF5N3O4S/c21-12-1-3-15(13(11-12)20(24,25)26)27-18-16(4-2-14(22)17(18)23)28-34(30,31)29-7-5-19(6-8-29)32-9-10-33-19/h1-4,11,27-28H,5-10H2. The molecule has 0 aromatic heterocycles. The molecule has 0 bridgehead atoms. The topological polar surface area (TPSA) is 79.9 Å². The van der Waals surface area contributed by atoms with E-state index in [9.17, 15) is 30.4 Å². The Morgan fingerprint density at radius 2 is 1.62 bits per heavy atom. The number of anilines is 3. The molecule has 2 aromatic carbocycles. The highest BCUT2D eigenvalue weighted by molar-refractivity contribution is 9.10. The van der Waals surface area contributed by atoms with Crippen LogP contribution >= 0.6 is 15.9 Å². The van der Waals surface area contributed by atoms with E-state index in [-0.39, 0.29) is 30.4 Å². The Morgan fingerprint density at radius 1 is 1.00 bits per heavy atom. The third-order valence-corrected chi connectivity index (χ3v) is 7.53. The third kappa shape index (κ3) is 5.15. The van der Waals surface area contributed by atoms with Crippen molar-refractivity contribution in [2.75, 3.05) is 36.3 Å². The molecule has 0 unspecified atom stereocenters. The van der Waals surface area contributed by atoms with Gasteiger partial charge in [0, 0.05) is 30.4 Å². The highest BCUT2D eigenvalue weighted by Crippen LogP contribution is 2.40. The summed E-state index contributed by atoms with van der Waals surface area (Å²) in [7, 11) is -4.26. The number of rotatable bonds is 5. The zero-order valence-corrected chi connectivity index (χ0v) is 19.8. The minimum absolute atomic E-state index is 0.0344. The maximum absolute atomic E-state index is 14.7. The number of alkyl halides is 3. The van der Waals surface area contributed by atoms with Crippen LogP contribution in [0.15, 0.2) is 34.8 Å². The second kappa shape index (κ2) is 9.22. The van der Waals surface area contributed by atoms with Gasteiger partial charge in [-0.05, 0) is 30.3 Å². The highest BCUT2D eigenvalue weighted by atomic mass is 79.9. The zero-order chi connectivity index (χ0) is 24.7. The molecule has 2 aromatic rings. The largest absolute Gasteiger partial charge is 0.418 e.